The highest BCUT2D eigenvalue weighted by Crippen LogP contribution is 2.38. The second-order valence-corrected chi connectivity index (χ2v) is 7.55. The predicted molar refractivity (Wildman–Crippen MR) is 85.4 cm³/mol. The Kier molecular flexibility index (Phi) is 3.96. The molecule has 2 rings (SSSR count). The van der Waals surface area contributed by atoms with Crippen molar-refractivity contribution in [2.45, 2.75) is 44.4 Å². The van der Waals surface area contributed by atoms with Crippen LogP contribution in [0.5, 0.6) is 11.5 Å². The fourth-order valence-corrected chi connectivity index (χ4v) is 4.97. The van der Waals surface area contributed by atoms with Crippen LogP contribution < -0.4 is 0 Å². The van der Waals surface area contributed by atoms with Gasteiger partial charge < -0.3 is 10.2 Å². The van der Waals surface area contributed by atoms with Crippen molar-refractivity contribution >= 4 is 9.84 Å². The molecule has 22 heavy (non-hydrogen) atoms. The molecule has 118 valence electrons. The van der Waals surface area contributed by atoms with Crippen LogP contribution in [0.3, 0.4) is 0 Å². The molecule has 0 unspecified atom stereocenters. The van der Waals surface area contributed by atoms with Gasteiger partial charge in [-0.3, -0.25) is 0 Å². The van der Waals surface area contributed by atoms with E-state index in [-0.39, 0.29) is 21.3 Å². The van der Waals surface area contributed by atoms with Gasteiger partial charge >= 0.3 is 0 Å². The van der Waals surface area contributed by atoms with Crippen molar-refractivity contribution < 1.29 is 18.6 Å². The first-order chi connectivity index (χ1) is 10.1. The first-order valence-electron chi connectivity index (χ1n) is 6.92. The third-order valence-corrected chi connectivity index (χ3v) is 6.15. The molecular formula is C17H20O4S. The van der Waals surface area contributed by atoms with Crippen LogP contribution in [0.2, 0.25) is 0 Å². The quantitative estimate of drug-likeness (QED) is 0.888. The fourth-order valence-electron chi connectivity index (χ4n) is 2.82. The number of phenolic OH excluding ortho intramolecular Hbond substituents is 2. The van der Waals surface area contributed by atoms with Crippen LogP contribution in [0.25, 0.3) is 0 Å². The smallest absolute Gasteiger partial charge is 0.211 e. The van der Waals surface area contributed by atoms with Crippen molar-refractivity contribution in [1.82, 2.24) is 0 Å². The van der Waals surface area contributed by atoms with E-state index >= 15 is 0 Å². The molecule has 0 spiro atoms. The second-order valence-electron chi connectivity index (χ2n) is 5.73. The Morgan fingerprint density at radius 2 is 1.23 bits per heavy atom. The molecule has 0 aliphatic carbocycles. The molecule has 0 saturated carbocycles. The molecule has 2 aromatic rings. The molecule has 2 aromatic carbocycles. The summed E-state index contributed by atoms with van der Waals surface area (Å²) in [4.78, 5) is 0.0792. The van der Waals surface area contributed by atoms with Gasteiger partial charge in [-0.2, -0.15) is 0 Å². The van der Waals surface area contributed by atoms with Crippen LogP contribution in [-0.2, 0) is 9.84 Å². The number of sulfone groups is 1. The summed E-state index contributed by atoms with van der Waals surface area (Å²) in [6.07, 6.45) is 0. The zero-order chi connectivity index (χ0) is 16.8. The molecule has 0 saturated heterocycles. The molecule has 0 fully saturated rings. The molecule has 5 heteroatoms. The molecule has 0 aliphatic heterocycles. The van der Waals surface area contributed by atoms with E-state index in [0.717, 1.165) is 5.56 Å². The lowest BCUT2D eigenvalue weighted by Crippen LogP contribution is -2.10. The monoisotopic (exact) mass is 320 g/mol. The lowest BCUT2D eigenvalue weighted by molar-refractivity contribution is 0.453. The van der Waals surface area contributed by atoms with Gasteiger partial charge in [0.2, 0.25) is 9.84 Å². The van der Waals surface area contributed by atoms with Crippen LogP contribution in [-0.4, -0.2) is 18.6 Å². The van der Waals surface area contributed by atoms with Gasteiger partial charge in [0.15, 0.2) is 0 Å². The maximum Gasteiger partial charge on any atom is 0.211 e. The van der Waals surface area contributed by atoms with Gasteiger partial charge in [0.05, 0.1) is 4.90 Å². The van der Waals surface area contributed by atoms with Crippen LogP contribution in [0.4, 0.5) is 0 Å². The highest BCUT2D eigenvalue weighted by Gasteiger charge is 2.29. The number of phenols is 2. The Bertz CT molecular complexity index is 815. The summed E-state index contributed by atoms with van der Waals surface area (Å²) in [7, 11) is -3.88. The standard InChI is InChI=1S/C17H20O4S/c1-9-6-10(2)15(19)17(13(9)5)22(20,21)16-11(3)7-14(18)8-12(16)4/h6-8,18-19H,1-5H3. The third-order valence-electron chi connectivity index (χ3n) is 3.94. The molecule has 2 N–H and O–H groups in total. The molecule has 0 bridgehead atoms. The minimum Gasteiger partial charge on any atom is -0.508 e. The summed E-state index contributed by atoms with van der Waals surface area (Å²) in [5.74, 6) is -0.190. The number of aromatic hydroxyl groups is 2. The Morgan fingerprint density at radius 3 is 1.73 bits per heavy atom. The van der Waals surface area contributed by atoms with E-state index < -0.39 is 9.84 Å². The third kappa shape index (κ3) is 2.46. The highest BCUT2D eigenvalue weighted by atomic mass is 32.2. The molecule has 0 radical (unpaired) electrons. The van der Waals surface area contributed by atoms with Gasteiger partial charge in [-0.05, 0) is 74.6 Å². The SMILES string of the molecule is Cc1cc(C)c(O)c(S(=O)(=O)c2c(C)cc(O)cc2C)c1C. The average Bonchev–Trinajstić information content (AvgIpc) is 2.34. The van der Waals surface area contributed by atoms with E-state index in [1.807, 2.05) is 6.92 Å². The van der Waals surface area contributed by atoms with E-state index in [9.17, 15) is 18.6 Å². The summed E-state index contributed by atoms with van der Waals surface area (Å²) in [6, 6.07) is 4.59. The minimum absolute atomic E-state index is 0.0234. The van der Waals surface area contributed by atoms with E-state index in [1.165, 1.54) is 12.1 Å². The summed E-state index contributed by atoms with van der Waals surface area (Å²) >= 11 is 0. The Balaban J connectivity index is 2.89. The zero-order valence-corrected chi connectivity index (χ0v) is 14.2. The van der Waals surface area contributed by atoms with Gasteiger partial charge in [0.25, 0.3) is 0 Å². The zero-order valence-electron chi connectivity index (χ0n) is 13.4. The Hall–Kier alpha value is -2.01. The van der Waals surface area contributed by atoms with Crippen LogP contribution in [0.1, 0.15) is 27.8 Å². The second kappa shape index (κ2) is 5.32. The molecule has 0 atom stereocenters. The molecular weight excluding hydrogens is 300 g/mol. The molecule has 0 heterocycles. The minimum atomic E-state index is -3.88. The van der Waals surface area contributed by atoms with Crippen molar-refractivity contribution in [1.29, 1.82) is 0 Å². The maximum atomic E-state index is 13.1. The van der Waals surface area contributed by atoms with E-state index in [0.29, 0.717) is 22.3 Å². The topological polar surface area (TPSA) is 74.6 Å². The van der Waals surface area contributed by atoms with Crippen molar-refractivity contribution in [2.24, 2.45) is 0 Å². The number of hydrogen-bond acceptors (Lipinski definition) is 4. The van der Waals surface area contributed by atoms with Crippen molar-refractivity contribution in [3.05, 3.63) is 46.0 Å². The van der Waals surface area contributed by atoms with Crippen LogP contribution in [0, 0.1) is 34.6 Å². The highest BCUT2D eigenvalue weighted by molar-refractivity contribution is 7.91. The first kappa shape index (κ1) is 16.4. The van der Waals surface area contributed by atoms with Crippen molar-refractivity contribution in [2.75, 3.05) is 0 Å². The van der Waals surface area contributed by atoms with E-state index in [1.54, 1.807) is 33.8 Å². The van der Waals surface area contributed by atoms with Gasteiger partial charge in [0, 0.05) is 0 Å². The Morgan fingerprint density at radius 1 is 0.727 bits per heavy atom. The number of hydrogen-bond donors (Lipinski definition) is 2. The van der Waals surface area contributed by atoms with E-state index in [4.69, 9.17) is 0 Å². The fraction of sp³-hybridized carbons (Fsp3) is 0.294. The van der Waals surface area contributed by atoms with E-state index in [2.05, 4.69) is 0 Å². The van der Waals surface area contributed by atoms with Gasteiger partial charge in [-0.25, -0.2) is 8.42 Å². The van der Waals surface area contributed by atoms with Crippen molar-refractivity contribution in [3.8, 4) is 11.5 Å². The lowest BCUT2D eigenvalue weighted by atomic mass is 10.1. The summed E-state index contributed by atoms with van der Waals surface area (Å²) in [5.41, 5.74) is 2.78. The maximum absolute atomic E-state index is 13.1. The summed E-state index contributed by atoms with van der Waals surface area (Å²) < 4.78 is 26.2. The largest absolute Gasteiger partial charge is 0.508 e. The lowest BCUT2D eigenvalue weighted by Gasteiger charge is -2.17. The molecule has 0 aliphatic rings. The van der Waals surface area contributed by atoms with Gasteiger partial charge in [-0.15, -0.1) is 0 Å². The summed E-state index contributed by atoms with van der Waals surface area (Å²) in [5, 5.41) is 19.9. The number of benzene rings is 2. The molecule has 0 amide bonds. The Labute approximate surface area is 131 Å². The van der Waals surface area contributed by atoms with Gasteiger partial charge in [-0.1, -0.05) is 6.07 Å². The van der Waals surface area contributed by atoms with Gasteiger partial charge in [0.1, 0.15) is 16.4 Å². The number of rotatable bonds is 2. The average molecular weight is 320 g/mol. The van der Waals surface area contributed by atoms with Crippen LogP contribution >= 0.6 is 0 Å². The van der Waals surface area contributed by atoms with Crippen LogP contribution in [0.15, 0.2) is 28.0 Å². The molecule has 0 aromatic heterocycles. The number of aryl methyl sites for hydroxylation is 4. The predicted octanol–water partition coefficient (Wildman–Crippen LogP) is 3.47. The van der Waals surface area contributed by atoms with Crippen molar-refractivity contribution in [3.63, 3.8) is 0 Å². The summed E-state index contributed by atoms with van der Waals surface area (Å²) in [6.45, 7) is 8.45. The molecule has 4 nitrogen and oxygen atoms in total. The normalized spacial score (nSPS) is 11.7. The first-order valence-corrected chi connectivity index (χ1v) is 8.40.